The van der Waals surface area contributed by atoms with Crippen LogP contribution >= 0.6 is 0 Å². The number of nitrogens with zero attached hydrogens (tertiary/aromatic N) is 1. The van der Waals surface area contributed by atoms with Gasteiger partial charge >= 0.3 is 0 Å². The van der Waals surface area contributed by atoms with Crippen LogP contribution in [-0.2, 0) is 9.59 Å². The van der Waals surface area contributed by atoms with E-state index < -0.39 is 12.1 Å². The van der Waals surface area contributed by atoms with Crippen molar-refractivity contribution < 1.29 is 14.0 Å². The van der Waals surface area contributed by atoms with Gasteiger partial charge < -0.3 is 5.32 Å². The number of amides is 2. The lowest BCUT2D eigenvalue weighted by Gasteiger charge is -2.39. The molecule has 1 aromatic carbocycles. The van der Waals surface area contributed by atoms with Gasteiger partial charge in [0.05, 0.1) is 0 Å². The molecular formula is C16H21FN2O2. The molecular weight excluding hydrogens is 271 g/mol. The molecule has 2 rings (SSSR count). The highest BCUT2D eigenvalue weighted by molar-refractivity contribution is 6.08. The highest BCUT2D eigenvalue weighted by atomic mass is 19.1. The van der Waals surface area contributed by atoms with Crippen LogP contribution in [0.3, 0.4) is 0 Å². The van der Waals surface area contributed by atoms with E-state index in [0.717, 1.165) is 6.42 Å². The van der Waals surface area contributed by atoms with E-state index in [-0.39, 0.29) is 23.5 Å². The fourth-order valence-corrected chi connectivity index (χ4v) is 2.54. The van der Waals surface area contributed by atoms with Crippen molar-refractivity contribution in [2.75, 3.05) is 4.90 Å². The summed E-state index contributed by atoms with van der Waals surface area (Å²) in [7, 11) is 0. The Hall–Kier alpha value is -1.91. The Kier molecular flexibility index (Phi) is 4.30. The van der Waals surface area contributed by atoms with Gasteiger partial charge in [-0.2, -0.15) is 0 Å². The molecule has 0 aromatic heterocycles. The summed E-state index contributed by atoms with van der Waals surface area (Å²) < 4.78 is 13.4. The summed E-state index contributed by atoms with van der Waals surface area (Å²) in [6.07, 6.45) is 0.793. The molecule has 3 unspecified atom stereocenters. The van der Waals surface area contributed by atoms with Crippen molar-refractivity contribution in [2.45, 2.75) is 46.2 Å². The number of carbonyl (C=O) groups is 2. The van der Waals surface area contributed by atoms with Crippen LogP contribution in [0.2, 0.25) is 0 Å². The summed E-state index contributed by atoms with van der Waals surface area (Å²) in [5.74, 6) is -0.582. The van der Waals surface area contributed by atoms with Crippen LogP contribution < -0.4 is 10.2 Å². The number of hydrogen-bond acceptors (Lipinski definition) is 2. The average molecular weight is 292 g/mol. The normalized spacial score (nSPS) is 24.0. The first kappa shape index (κ1) is 15.5. The van der Waals surface area contributed by atoms with Gasteiger partial charge in [0.2, 0.25) is 5.91 Å². The Morgan fingerprint density at radius 2 is 2.05 bits per heavy atom. The van der Waals surface area contributed by atoms with Crippen LogP contribution in [0, 0.1) is 18.7 Å². The van der Waals surface area contributed by atoms with Gasteiger partial charge in [0, 0.05) is 5.69 Å². The number of piperazine rings is 1. The molecule has 0 aliphatic carbocycles. The molecule has 2 amide bonds. The SMILES string of the molecule is CCC(C)C1NC(=O)C(C)N(c2ccc(F)c(C)c2)C1=O. The van der Waals surface area contributed by atoms with E-state index in [0.29, 0.717) is 11.3 Å². The standard InChI is InChI=1S/C16H21FN2O2/c1-5-9(2)14-16(21)19(11(4)15(20)18-14)12-6-7-13(17)10(3)8-12/h6-9,11,14H,5H2,1-4H3,(H,18,20). The molecule has 114 valence electrons. The summed E-state index contributed by atoms with van der Waals surface area (Å²) in [6.45, 7) is 7.24. The van der Waals surface area contributed by atoms with Crippen molar-refractivity contribution in [1.29, 1.82) is 0 Å². The maximum atomic E-state index is 13.4. The van der Waals surface area contributed by atoms with Crippen molar-refractivity contribution in [1.82, 2.24) is 5.32 Å². The highest BCUT2D eigenvalue weighted by Crippen LogP contribution is 2.26. The molecule has 1 fully saturated rings. The van der Waals surface area contributed by atoms with Gasteiger partial charge in [-0.1, -0.05) is 20.3 Å². The second kappa shape index (κ2) is 5.84. The number of benzene rings is 1. The van der Waals surface area contributed by atoms with E-state index >= 15 is 0 Å². The second-order valence-corrected chi connectivity index (χ2v) is 5.69. The summed E-state index contributed by atoms with van der Waals surface area (Å²) in [4.78, 5) is 26.3. The molecule has 0 bridgehead atoms. The van der Waals surface area contributed by atoms with E-state index in [2.05, 4.69) is 5.32 Å². The lowest BCUT2D eigenvalue weighted by molar-refractivity contribution is -0.134. The molecule has 1 aliphatic rings. The summed E-state index contributed by atoms with van der Waals surface area (Å²) >= 11 is 0. The molecule has 1 N–H and O–H groups in total. The Morgan fingerprint density at radius 1 is 1.38 bits per heavy atom. The molecule has 5 heteroatoms. The third-order valence-corrected chi connectivity index (χ3v) is 4.20. The van der Waals surface area contributed by atoms with Gasteiger partial charge in [-0.15, -0.1) is 0 Å². The molecule has 0 spiro atoms. The fraction of sp³-hybridized carbons (Fsp3) is 0.500. The molecule has 21 heavy (non-hydrogen) atoms. The molecule has 1 saturated heterocycles. The maximum Gasteiger partial charge on any atom is 0.250 e. The number of anilines is 1. The number of carbonyl (C=O) groups excluding carboxylic acids is 2. The van der Waals surface area contributed by atoms with Crippen LogP contribution in [-0.4, -0.2) is 23.9 Å². The van der Waals surface area contributed by atoms with Crippen molar-refractivity contribution >= 4 is 17.5 Å². The number of nitrogens with one attached hydrogen (secondary N) is 1. The van der Waals surface area contributed by atoms with Gasteiger partial charge in [0.15, 0.2) is 0 Å². The topological polar surface area (TPSA) is 49.4 Å². The monoisotopic (exact) mass is 292 g/mol. The number of hydrogen-bond donors (Lipinski definition) is 1. The van der Waals surface area contributed by atoms with E-state index in [1.807, 2.05) is 13.8 Å². The molecule has 0 radical (unpaired) electrons. The van der Waals surface area contributed by atoms with Gasteiger partial charge in [-0.3, -0.25) is 14.5 Å². The first-order valence-corrected chi connectivity index (χ1v) is 7.26. The van der Waals surface area contributed by atoms with E-state index in [9.17, 15) is 14.0 Å². The molecule has 4 nitrogen and oxygen atoms in total. The van der Waals surface area contributed by atoms with E-state index in [1.165, 1.54) is 11.0 Å². The lowest BCUT2D eigenvalue weighted by Crippen LogP contribution is -2.64. The van der Waals surface area contributed by atoms with Gasteiger partial charge in [0.1, 0.15) is 17.9 Å². The Labute approximate surface area is 124 Å². The minimum absolute atomic E-state index is 0.0537. The number of halogens is 1. The summed E-state index contributed by atoms with van der Waals surface area (Å²) in [5, 5.41) is 2.79. The van der Waals surface area contributed by atoms with Crippen LogP contribution in [0.5, 0.6) is 0 Å². The number of aryl methyl sites for hydroxylation is 1. The minimum atomic E-state index is -0.595. The Morgan fingerprint density at radius 3 is 2.62 bits per heavy atom. The molecule has 0 saturated carbocycles. The molecule has 1 aliphatic heterocycles. The van der Waals surface area contributed by atoms with Crippen LogP contribution in [0.15, 0.2) is 18.2 Å². The zero-order chi connectivity index (χ0) is 15.7. The van der Waals surface area contributed by atoms with Crippen molar-refractivity contribution in [2.24, 2.45) is 5.92 Å². The largest absolute Gasteiger partial charge is 0.342 e. The molecule has 1 heterocycles. The first-order valence-electron chi connectivity index (χ1n) is 7.26. The van der Waals surface area contributed by atoms with Crippen LogP contribution in [0.1, 0.15) is 32.8 Å². The smallest absolute Gasteiger partial charge is 0.250 e. The van der Waals surface area contributed by atoms with Gasteiger partial charge in [0.25, 0.3) is 5.91 Å². The quantitative estimate of drug-likeness (QED) is 0.930. The number of rotatable bonds is 3. The summed E-state index contributed by atoms with van der Waals surface area (Å²) in [5.41, 5.74) is 1.02. The molecule has 1 aromatic rings. The maximum absolute atomic E-state index is 13.4. The third-order valence-electron chi connectivity index (χ3n) is 4.20. The predicted octanol–water partition coefficient (Wildman–Crippen LogP) is 2.40. The lowest BCUT2D eigenvalue weighted by atomic mass is 9.94. The van der Waals surface area contributed by atoms with Crippen molar-refractivity contribution in [3.05, 3.63) is 29.6 Å². The average Bonchev–Trinajstić information content (AvgIpc) is 2.46. The van der Waals surface area contributed by atoms with Crippen LogP contribution in [0.25, 0.3) is 0 Å². The minimum Gasteiger partial charge on any atom is -0.342 e. The van der Waals surface area contributed by atoms with E-state index in [1.54, 1.807) is 26.0 Å². The van der Waals surface area contributed by atoms with E-state index in [4.69, 9.17) is 0 Å². The second-order valence-electron chi connectivity index (χ2n) is 5.69. The first-order chi connectivity index (χ1) is 9.86. The Bertz CT molecular complexity index is 573. The fourth-order valence-electron chi connectivity index (χ4n) is 2.54. The predicted molar refractivity (Wildman–Crippen MR) is 79.5 cm³/mol. The highest BCUT2D eigenvalue weighted by Gasteiger charge is 2.40. The van der Waals surface area contributed by atoms with Gasteiger partial charge in [-0.25, -0.2) is 4.39 Å². The van der Waals surface area contributed by atoms with Crippen molar-refractivity contribution in [3.63, 3.8) is 0 Å². The molecule has 3 atom stereocenters. The zero-order valence-electron chi connectivity index (χ0n) is 12.8. The van der Waals surface area contributed by atoms with Crippen LogP contribution in [0.4, 0.5) is 10.1 Å². The van der Waals surface area contributed by atoms with Gasteiger partial charge in [-0.05, 0) is 43.5 Å². The van der Waals surface area contributed by atoms with Crippen molar-refractivity contribution in [3.8, 4) is 0 Å². The third kappa shape index (κ3) is 2.77. The summed E-state index contributed by atoms with van der Waals surface area (Å²) in [6, 6.07) is 3.36. The zero-order valence-corrected chi connectivity index (χ0v) is 12.8. The Balaban J connectivity index is 2.40.